The minimum absolute atomic E-state index is 0. The summed E-state index contributed by atoms with van der Waals surface area (Å²) in [4.78, 5) is 13.6. The van der Waals surface area contributed by atoms with Crippen LogP contribution in [-0.2, 0) is 21.5 Å². The normalized spacial score (nSPS) is 13.6. The van der Waals surface area contributed by atoms with E-state index >= 15 is 0 Å². The van der Waals surface area contributed by atoms with Crippen LogP contribution in [0.2, 0.25) is 0 Å². The van der Waals surface area contributed by atoms with E-state index in [-0.39, 0.29) is 43.3 Å². The molecule has 0 aromatic heterocycles. The number of nitrogens with zero attached hydrogens (tertiary/aromatic N) is 3. The summed E-state index contributed by atoms with van der Waals surface area (Å²) in [6, 6.07) is 17.8. The average molecular weight is 639 g/mol. The summed E-state index contributed by atoms with van der Waals surface area (Å²) >= 11 is 0. The molecule has 1 fully saturated rings. The Labute approximate surface area is 258 Å². The molecule has 1 aliphatic rings. The number of nitrogens with one attached hydrogen (secondary N) is 2. The number of likely N-dealkylation sites (tertiary alicyclic amines) is 1. The van der Waals surface area contributed by atoms with Gasteiger partial charge in [-0.05, 0) is 59.7 Å². The third-order valence-electron chi connectivity index (χ3n) is 6.94. The molecule has 0 unspecified atom stereocenters. The van der Waals surface area contributed by atoms with Crippen LogP contribution < -0.4 is 20.5 Å². The standard InChI is InChI=1S/C28H35N7O4S.2ClH/c1-19(29)34-13-11-26(12-14-34)39-25-9-7-24(8-10-25)35(40(37,38)33(2)18-27(30)36)17-20-3-4-21-5-6-22(28(31)32)16-23(21)15-20;;/h3-10,15-16,26,29H,11-14,17-18H2,1-2H3,(H2,30,36)(H3,31,32);2*1H. The Morgan fingerprint density at radius 3 is 2.17 bits per heavy atom. The molecular weight excluding hydrogens is 601 g/mol. The van der Waals surface area contributed by atoms with Crippen molar-refractivity contribution in [3.63, 3.8) is 0 Å². The molecule has 14 heteroatoms. The van der Waals surface area contributed by atoms with Gasteiger partial charge in [0.05, 0.1) is 24.6 Å². The van der Waals surface area contributed by atoms with Crippen molar-refractivity contribution >= 4 is 69.1 Å². The van der Waals surface area contributed by atoms with Gasteiger partial charge in [-0.1, -0.05) is 24.3 Å². The summed E-state index contributed by atoms with van der Waals surface area (Å²) < 4.78 is 35.5. The molecule has 1 aliphatic heterocycles. The van der Waals surface area contributed by atoms with Crippen molar-refractivity contribution in [1.82, 2.24) is 9.21 Å². The van der Waals surface area contributed by atoms with Gasteiger partial charge in [-0.2, -0.15) is 12.7 Å². The average Bonchev–Trinajstić information content (AvgIpc) is 2.91. The zero-order valence-corrected chi connectivity index (χ0v) is 25.9. The molecule has 6 N–H and O–H groups in total. The highest BCUT2D eigenvalue weighted by Gasteiger charge is 2.29. The lowest BCUT2D eigenvalue weighted by atomic mass is 10.0. The van der Waals surface area contributed by atoms with Crippen LogP contribution in [0.1, 0.15) is 30.9 Å². The molecule has 0 radical (unpaired) electrons. The van der Waals surface area contributed by atoms with Crippen molar-refractivity contribution in [2.75, 3.05) is 31.0 Å². The van der Waals surface area contributed by atoms with Crippen molar-refractivity contribution in [1.29, 1.82) is 10.8 Å². The first kappa shape index (κ1) is 34.6. The summed E-state index contributed by atoms with van der Waals surface area (Å²) in [6.45, 7) is 2.83. The van der Waals surface area contributed by atoms with Crippen LogP contribution in [0, 0.1) is 10.8 Å². The molecule has 228 valence electrons. The van der Waals surface area contributed by atoms with Crippen molar-refractivity contribution in [3.05, 3.63) is 71.8 Å². The van der Waals surface area contributed by atoms with Crippen molar-refractivity contribution < 1.29 is 17.9 Å². The Bertz CT molecular complexity index is 1530. The fourth-order valence-electron chi connectivity index (χ4n) is 4.70. The van der Waals surface area contributed by atoms with Crippen molar-refractivity contribution in [2.45, 2.75) is 32.4 Å². The quantitative estimate of drug-likeness (QED) is 0.196. The Morgan fingerprint density at radius 1 is 0.976 bits per heavy atom. The maximum Gasteiger partial charge on any atom is 0.304 e. The number of anilines is 1. The lowest BCUT2D eigenvalue weighted by Crippen LogP contribution is -2.45. The number of primary amides is 1. The van der Waals surface area contributed by atoms with Crippen molar-refractivity contribution in [3.8, 4) is 5.75 Å². The van der Waals surface area contributed by atoms with Gasteiger partial charge >= 0.3 is 10.2 Å². The number of fused-ring (bicyclic) bond motifs is 1. The molecule has 0 spiro atoms. The van der Waals surface area contributed by atoms with Gasteiger partial charge in [0, 0.05) is 38.5 Å². The number of benzene rings is 3. The number of carbonyl (C=O) groups excluding carboxylic acids is 1. The van der Waals surface area contributed by atoms with Crippen LogP contribution >= 0.6 is 24.8 Å². The summed E-state index contributed by atoms with van der Waals surface area (Å²) in [6.07, 6.45) is 1.60. The van der Waals surface area contributed by atoms with E-state index in [4.69, 9.17) is 27.0 Å². The molecule has 11 nitrogen and oxygen atoms in total. The van der Waals surface area contributed by atoms with Crippen LogP contribution in [0.3, 0.4) is 0 Å². The predicted octanol–water partition coefficient (Wildman–Crippen LogP) is 3.48. The van der Waals surface area contributed by atoms with Crippen LogP contribution in [0.5, 0.6) is 5.75 Å². The van der Waals surface area contributed by atoms with E-state index in [1.807, 2.05) is 29.2 Å². The van der Waals surface area contributed by atoms with Gasteiger partial charge < -0.3 is 21.1 Å². The summed E-state index contributed by atoms with van der Waals surface area (Å²) in [5, 5.41) is 17.3. The molecular formula is C28H37Cl2N7O4S. The second-order valence-electron chi connectivity index (χ2n) is 9.93. The van der Waals surface area contributed by atoms with Crippen LogP contribution in [0.25, 0.3) is 10.8 Å². The molecule has 0 bridgehead atoms. The first-order valence-corrected chi connectivity index (χ1v) is 14.3. The van der Waals surface area contributed by atoms with E-state index < -0.39 is 22.7 Å². The number of amides is 1. The number of amidine groups is 2. The van der Waals surface area contributed by atoms with E-state index in [2.05, 4.69) is 0 Å². The number of halogens is 2. The van der Waals surface area contributed by atoms with E-state index in [1.165, 1.54) is 11.4 Å². The smallest absolute Gasteiger partial charge is 0.304 e. The van der Waals surface area contributed by atoms with E-state index in [0.717, 1.165) is 41.0 Å². The summed E-state index contributed by atoms with van der Waals surface area (Å²) in [7, 11) is -2.82. The van der Waals surface area contributed by atoms with E-state index in [9.17, 15) is 13.2 Å². The van der Waals surface area contributed by atoms with Crippen LogP contribution in [0.4, 0.5) is 5.69 Å². The summed E-state index contributed by atoms with van der Waals surface area (Å²) in [5.41, 5.74) is 12.6. The maximum absolute atomic E-state index is 13.6. The molecule has 0 atom stereocenters. The predicted molar refractivity (Wildman–Crippen MR) is 171 cm³/mol. The fraction of sp³-hybridized carbons (Fsp3) is 0.321. The van der Waals surface area contributed by atoms with Gasteiger partial charge in [-0.15, -0.1) is 24.8 Å². The minimum atomic E-state index is -4.13. The first-order valence-electron chi connectivity index (χ1n) is 12.9. The number of carbonyl (C=O) groups is 1. The van der Waals surface area contributed by atoms with Gasteiger partial charge in [0.25, 0.3) is 0 Å². The number of hydrogen-bond donors (Lipinski definition) is 4. The number of nitrogens with two attached hydrogens (primary N) is 2. The lowest BCUT2D eigenvalue weighted by molar-refractivity contribution is -0.118. The van der Waals surface area contributed by atoms with Gasteiger partial charge in [0.15, 0.2) is 0 Å². The van der Waals surface area contributed by atoms with E-state index in [0.29, 0.717) is 28.4 Å². The highest BCUT2D eigenvalue weighted by atomic mass is 35.5. The second kappa shape index (κ2) is 14.5. The largest absolute Gasteiger partial charge is 0.490 e. The molecule has 3 aromatic carbocycles. The van der Waals surface area contributed by atoms with Crippen molar-refractivity contribution in [2.24, 2.45) is 11.5 Å². The highest BCUT2D eigenvalue weighted by Crippen LogP contribution is 2.28. The van der Waals surface area contributed by atoms with E-state index in [1.54, 1.807) is 43.3 Å². The molecule has 0 saturated carbocycles. The Morgan fingerprint density at radius 2 is 1.60 bits per heavy atom. The number of likely N-dealkylation sites (N-methyl/N-ethyl adjacent to an activating group) is 1. The Kier molecular flexibility index (Phi) is 12.0. The Hall–Kier alpha value is -3.58. The number of rotatable bonds is 10. The summed E-state index contributed by atoms with van der Waals surface area (Å²) in [5.74, 6) is 0.360. The second-order valence-corrected chi connectivity index (χ2v) is 11.9. The van der Waals surface area contributed by atoms with Gasteiger partial charge in [-0.3, -0.25) is 19.9 Å². The van der Waals surface area contributed by atoms with Crippen LogP contribution in [-0.4, -0.2) is 68.0 Å². The van der Waals surface area contributed by atoms with Gasteiger partial charge in [0.2, 0.25) is 5.91 Å². The number of nitrogen functional groups attached to an aromatic ring is 1. The lowest BCUT2D eigenvalue weighted by Gasteiger charge is -2.33. The number of ether oxygens (including phenoxy) is 1. The minimum Gasteiger partial charge on any atom is -0.490 e. The monoisotopic (exact) mass is 637 g/mol. The molecule has 1 saturated heterocycles. The van der Waals surface area contributed by atoms with Crippen LogP contribution in [0.15, 0.2) is 60.7 Å². The van der Waals surface area contributed by atoms with Gasteiger partial charge in [-0.25, -0.2) is 0 Å². The zero-order chi connectivity index (χ0) is 29.0. The van der Waals surface area contributed by atoms with Gasteiger partial charge in [0.1, 0.15) is 17.7 Å². The maximum atomic E-state index is 13.6. The molecule has 1 amide bonds. The SMILES string of the molecule is CC(=N)N1CCC(Oc2ccc(N(Cc3ccc4ccc(C(=N)N)cc4c3)S(=O)(=O)N(C)CC(N)=O)cc2)CC1.Cl.Cl. The number of hydrogen-bond acceptors (Lipinski definition) is 6. The number of piperidine rings is 1. The topological polar surface area (TPSA) is 170 Å². The zero-order valence-electron chi connectivity index (χ0n) is 23.4. The third-order valence-corrected chi connectivity index (χ3v) is 8.75. The first-order chi connectivity index (χ1) is 18.9. The fourth-order valence-corrected chi connectivity index (χ4v) is 6.02. The molecule has 4 rings (SSSR count). The molecule has 0 aliphatic carbocycles. The highest BCUT2D eigenvalue weighted by molar-refractivity contribution is 7.90. The third kappa shape index (κ3) is 8.25. The molecule has 1 heterocycles. The molecule has 3 aromatic rings. The molecule has 42 heavy (non-hydrogen) atoms. The Balaban J connectivity index is 0.00000308.